The fraction of sp³-hybridized carbons (Fsp3) is 0.0588. The third-order valence-corrected chi connectivity index (χ3v) is 4.92. The molecule has 0 atom stereocenters. The second-order valence-electron chi connectivity index (χ2n) is 5.03. The lowest BCUT2D eigenvalue weighted by atomic mass is 10.0. The molecule has 2 nitrogen and oxygen atoms in total. The van der Waals surface area contributed by atoms with Gasteiger partial charge < -0.3 is 0 Å². The van der Waals surface area contributed by atoms with Crippen LogP contribution in [0.25, 0.3) is 11.3 Å². The molecular formula is C17H8Cl2F3NOS. The van der Waals surface area contributed by atoms with Crippen LogP contribution in [0, 0.1) is 0 Å². The van der Waals surface area contributed by atoms with E-state index >= 15 is 0 Å². The Labute approximate surface area is 154 Å². The van der Waals surface area contributed by atoms with E-state index in [2.05, 4.69) is 4.98 Å². The lowest BCUT2D eigenvalue weighted by Crippen LogP contribution is -2.06. The van der Waals surface area contributed by atoms with Crippen molar-refractivity contribution < 1.29 is 18.0 Å². The van der Waals surface area contributed by atoms with Gasteiger partial charge in [0.05, 0.1) is 26.8 Å². The highest BCUT2D eigenvalue weighted by atomic mass is 35.5. The van der Waals surface area contributed by atoms with Crippen LogP contribution in [-0.2, 0) is 6.18 Å². The highest BCUT2D eigenvalue weighted by molar-refractivity contribution is 7.12. The minimum Gasteiger partial charge on any atom is -0.288 e. The van der Waals surface area contributed by atoms with Crippen molar-refractivity contribution in [2.24, 2.45) is 0 Å². The predicted octanol–water partition coefficient (Wildman–Crippen LogP) is 6.37. The Morgan fingerprint density at radius 3 is 2.44 bits per heavy atom. The molecule has 3 rings (SSSR count). The lowest BCUT2D eigenvalue weighted by Gasteiger charge is -2.11. The molecule has 0 aliphatic heterocycles. The second-order valence-corrected chi connectivity index (χ2v) is 6.70. The van der Waals surface area contributed by atoms with E-state index in [9.17, 15) is 18.0 Å². The van der Waals surface area contributed by atoms with Crippen LogP contribution < -0.4 is 0 Å². The van der Waals surface area contributed by atoms with Gasteiger partial charge in [-0.25, -0.2) is 4.98 Å². The number of aromatic nitrogens is 1. The monoisotopic (exact) mass is 401 g/mol. The molecule has 0 saturated heterocycles. The summed E-state index contributed by atoms with van der Waals surface area (Å²) in [6, 6.07) is 9.89. The van der Waals surface area contributed by atoms with Crippen LogP contribution in [0.2, 0.25) is 10.0 Å². The molecule has 25 heavy (non-hydrogen) atoms. The summed E-state index contributed by atoms with van der Waals surface area (Å²) in [7, 11) is 0. The topological polar surface area (TPSA) is 30.0 Å². The van der Waals surface area contributed by atoms with Gasteiger partial charge in [-0.2, -0.15) is 13.2 Å². The van der Waals surface area contributed by atoms with Crippen molar-refractivity contribution >= 4 is 40.3 Å². The zero-order chi connectivity index (χ0) is 18.2. The van der Waals surface area contributed by atoms with Crippen molar-refractivity contribution in [3.8, 4) is 11.3 Å². The molecule has 0 N–H and O–H groups in total. The second kappa shape index (κ2) is 6.78. The fourth-order valence-electron chi connectivity index (χ4n) is 2.27. The number of ketones is 1. The number of carbonyl (C=O) groups excluding carboxylic acids is 1. The molecule has 0 amide bonds. The van der Waals surface area contributed by atoms with Crippen molar-refractivity contribution in [2.75, 3.05) is 0 Å². The van der Waals surface area contributed by atoms with Gasteiger partial charge in [0.25, 0.3) is 0 Å². The number of benzene rings is 2. The van der Waals surface area contributed by atoms with Gasteiger partial charge in [0.15, 0.2) is 0 Å². The summed E-state index contributed by atoms with van der Waals surface area (Å²) in [5.41, 5.74) is 1.02. The van der Waals surface area contributed by atoms with Crippen molar-refractivity contribution in [3.63, 3.8) is 0 Å². The van der Waals surface area contributed by atoms with Crippen molar-refractivity contribution in [3.05, 3.63) is 74.0 Å². The molecule has 0 saturated carbocycles. The first kappa shape index (κ1) is 17.9. The maximum atomic E-state index is 13.1. The zero-order valence-electron chi connectivity index (χ0n) is 12.3. The average molecular weight is 402 g/mol. The average Bonchev–Trinajstić information content (AvgIpc) is 3.03. The smallest absolute Gasteiger partial charge is 0.288 e. The van der Waals surface area contributed by atoms with Crippen molar-refractivity contribution in [1.29, 1.82) is 0 Å². The minimum absolute atomic E-state index is 0.161. The highest BCUT2D eigenvalue weighted by Gasteiger charge is 2.34. The Morgan fingerprint density at radius 1 is 1.04 bits per heavy atom. The molecule has 1 heterocycles. The molecule has 0 radical (unpaired) electrons. The number of nitrogens with zero attached hydrogens (tertiary/aromatic N) is 1. The maximum absolute atomic E-state index is 13.1. The molecule has 128 valence electrons. The quantitative estimate of drug-likeness (QED) is 0.477. The first-order chi connectivity index (χ1) is 11.8. The normalized spacial score (nSPS) is 11.6. The number of thiazole rings is 1. The zero-order valence-corrected chi connectivity index (χ0v) is 14.6. The Balaban J connectivity index is 2.09. The molecular weight excluding hydrogens is 394 g/mol. The molecule has 8 heteroatoms. The highest BCUT2D eigenvalue weighted by Crippen LogP contribution is 2.38. The Morgan fingerprint density at radius 2 is 1.76 bits per heavy atom. The van der Waals surface area contributed by atoms with E-state index in [4.69, 9.17) is 23.2 Å². The molecule has 1 aromatic heterocycles. The summed E-state index contributed by atoms with van der Waals surface area (Å²) < 4.78 is 39.2. The lowest BCUT2D eigenvalue weighted by molar-refractivity contribution is -0.137. The van der Waals surface area contributed by atoms with E-state index in [-0.39, 0.29) is 26.7 Å². The van der Waals surface area contributed by atoms with E-state index in [1.54, 1.807) is 24.3 Å². The summed E-state index contributed by atoms with van der Waals surface area (Å²) >= 11 is 12.7. The van der Waals surface area contributed by atoms with Crippen LogP contribution in [0.5, 0.6) is 0 Å². The summed E-state index contributed by atoms with van der Waals surface area (Å²) in [6.45, 7) is 0. The number of alkyl halides is 3. The number of hydrogen-bond acceptors (Lipinski definition) is 3. The number of halogens is 5. The van der Waals surface area contributed by atoms with E-state index in [1.807, 2.05) is 0 Å². The van der Waals surface area contributed by atoms with E-state index < -0.39 is 22.5 Å². The molecule has 0 unspecified atom stereocenters. The van der Waals surface area contributed by atoms with Crippen LogP contribution in [0.4, 0.5) is 13.2 Å². The van der Waals surface area contributed by atoms with Crippen LogP contribution in [-0.4, -0.2) is 10.8 Å². The van der Waals surface area contributed by atoms with Crippen LogP contribution >= 0.6 is 34.5 Å². The van der Waals surface area contributed by atoms with Gasteiger partial charge >= 0.3 is 6.18 Å². The van der Waals surface area contributed by atoms with Crippen LogP contribution in [0.3, 0.4) is 0 Å². The van der Waals surface area contributed by atoms with Crippen molar-refractivity contribution in [2.45, 2.75) is 6.18 Å². The Bertz CT molecular complexity index is 953. The molecule has 0 aliphatic rings. The van der Waals surface area contributed by atoms with E-state index in [0.717, 1.165) is 23.5 Å². The molecule has 3 aromatic rings. The largest absolute Gasteiger partial charge is 0.417 e. The first-order valence-corrected chi connectivity index (χ1v) is 8.52. The van der Waals surface area contributed by atoms with Gasteiger partial charge in [-0.1, -0.05) is 41.4 Å². The summed E-state index contributed by atoms with van der Waals surface area (Å²) in [6.07, 6.45) is -4.60. The SMILES string of the molecule is O=C(c1ccccc1Cl)c1scnc1-c1ccc(Cl)c(C(F)(F)F)c1. The molecule has 0 bridgehead atoms. The maximum Gasteiger partial charge on any atom is 0.417 e. The van der Waals surface area contributed by atoms with Crippen molar-refractivity contribution in [1.82, 2.24) is 4.98 Å². The molecule has 0 fully saturated rings. The Kier molecular flexibility index (Phi) is 4.86. The van der Waals surface area contributed by atoms with Gasteiger partial charge in [-0.3, -0.25) is 4.79 Å². The van der Waals surface area contributed by atoms with E-state index in [1.165, 1.54) is 11.6 Å². The molecule has 0 aliphatic carbocycles. The van der Waals surface area contributed by atoms with Gasteiger partial charge in [0.2, 0.25) is 5.78 Å². The third-order valence-electron chi connectivity index (χ3n) is 3.44. The third kappa shape index (κ3) is 3.56. The van der Waals surface area contributed by atoms with Gasteiger partial charge in [-0.05, 0) is 24.3 Å². The first-order valence-electron chi connectivity index (χ1n) is 6.89. The molecule has 2 aromatic carbocycles. The number of carbonyl (C=O) groups is 1. The van der Waals surface area contributed by atoms with Gasteiger partial charge in [0.1, 0.15) is 4.88 Å². The van der Waals surface area contributed by atoms with Crippen LogP contribution in [0.1, 0.15) is 20.8 Å². The van der Waals surface area contributed by atoms with Gasteiger partial charge in [-0.15, -0.1) is 11.3 Å². The van der Waals surface area contributed by atoms with E-state index in [0.29, 0.717) is 0 Å². The number of hydrogen-bond donors (Lipinski definition) is 0. The van der Waals surface area contributed by atoms with Crippen LogP contribution in [0.15, 0.2) is 48.0 Å². The van der Waals surface area contributed by atoms with Gasteiger partial charge in [0, 0.05) is 11.1 Å². The summed E-state index contributed by atoms with van der Waals surface area (Å²) in [5.74, 6) is -0.397. The summed E-state index contributed by atoms with van der Waals surface area (Å²) in [4.78, 5) is 17.0. The molecule has 0 spiro atoms. The minimum atomic E-state index is -4.60. The summed E-state index contributed by atoms with van der Waals surface area (Å²) in [5, 5.41) is -0.149. The Hall–Kier alpha value is -1.89. The predicted molar refractivity (Wildman–Crippen MR) is 92.4 cm³/mol. The standard InChI is InChI=1S/C17H8Cl2F3NOS/c18-12-4-2-1-3-10(12)15(24)16-14(23-8-25-16)9-5-6-13(19)11(7-9)17(20,21)22/h1-8H. The fourth-order valence-corrected chi connectivity index (χ4v) is 3.48. The number of rotatable bonds is 3.